The number of pyridine rings is 1. The molecule has 6 nitrogen and oxygen atoms in total. The molecule has 0 aliphatic rings. The molecule has 6 heteroatoms. The molecule has 0 bridgehead atoms. The van der Waals surface area contributed by atoms with Gasteiger partial charge >= 0.3 is 0 Å². The zero-order valence-electron chi connectivity index (χ0n) is 11.8. The van der Waals surface area contributed by atoms with Gasteiger partial charge in [-0.25, -0.2) is 4.98 Å². The van der Waals surface area contributed by atoms with E-state index >= 15 is 0 Å². The first-order chi connectivity index (χ1) is 9.56. The predicted molar refractivity (Wildman–Crippen MR) is 77.3 cm³/mol. The Bertz CT molecular complexity index is 605. The number of carbonyl (C=O) groups is 1. The van der Waals surface area contributed by atoms with Gasteiger partial charge in [-0.05, 0) is 38.5 Å². The van der Waals surface area contributed by atoms with Crippen molar-refractivity contribution in [1.29, 1.82) is 0 Å². The second-order valence-electron chi connectivity index (χ2n) is 4.73. The lowest BCUT2D eigenvalue weighted by Crippen LogP contribution is -2.25. The van der Waals surface area contributed by atoms with Crippen molar-refractivity contribution in [3.05, 3.63) is 41.3 Å². The number of nitrogen functional groups attached to an aromatic ring is 1. The molecule has 0 aliphatic heterocycles. The molecule has 0 atom stereocenters. The number of anilines is 1. The van der Waals surface area contributed by atoms with E-state index in [1.807, 2.05) is 24.6 Å². The molecule has 2 aromatic heterocycles. The van der Waals surface area contributed by atoms with Gasteiger partial charge in [0.05, 0.1) is 5.69 Å². The van der Waals surface area contributed by atoms with E-state index in [0.717, 1.165) is 24.4 Å². The van der Waals surface area contributed by atoms with Crippen LogP contribution in [0.5, 0.6) is 0 Å². The van der Waals surface area contributed by atoms with Crippen molar-refractivity contribution in [2.24, 2.45) is 0 Å². The Kier molecular flexibility index (Phi) is 4.34. The van der Waals surface area contributed by atoms with Crippen LogP contribution in [0.15, 0.2) is 24.4 Å². The standard InChI is InChI=1S/C14H19N5O/c1-10-8-11(2)19(18-10)7-3-5-17-14(20)12-4-6-16-13(15)9-12/h4,6,8-9H,3,5,7H2,1-2H3,(H2,15,16)(H,17,20). The van der Waals surface area contributed by atoms with Crippen LogP contribution >= 0.6 is 0 Å². The maximum Gasteiger partial charge on any atom is 0.251 e. The molecule has 3 N–H and O–H groups in total. The fraction of sp³-hybridized carbons (Fsp3) is 0.357. The van der Waals surface area contributed by atoms with Crippen molar-refractivity contribution < 1.29 is 4.79 Å². The molecule has 106 valence electrons. The SMILES string of the molecule is Cc1cc(C)n(CCCNC(=O)c2ccnc(N)c2)n1. The molecule has 0 fully saturated rings. The van der Waals surface area contributed by atoms with Crippen molar-refractivity contribution in [1.82, 2.24) is 20.1 Å². The third kappa shape index (κ3) is 3.57. The minimum absolute atomic E-state index is 0.132. The van der Waals surface area contributed by atoms with Crippen LogP contribution in [0.25, 0.3) is 0 Å². The second kappa shape index (κ2) is 6.18. The maximum absolute atomic E-state index is 11.9. The quantitative estimate of drug-likeness (QED) is 0.804. The predicted octanol–water partition coefficient (Wildman–Crippen LogP) is 1.30. The number of nitrogens with two attached hydrogens (primary N) is 1. The fourth-order valence-corrected chi connectivity index (χ4v) is 2.02. The first kappa shape index (κ1) is 14.0. The molecule has 0 saturated heterocycles. The average molecular weight is 273 g/mol. The van der Waals surface area contributed by atoms with Gasteiger partial charge in [0.2, 0.25) is 0 Å². The van der Waals surface area contributed by atoms with Gasteiger partial charge in [-0.1, -0.05) is 0 Å². The highest BCUT2D eigenvalue weighted by atomic mass is 16.1. The van der Waals surface area contributed by atoms with E-state index in [1.54, 1.807) is 12.1 Å². The zero-order chi connectivity index (χ0) is 14.5. The van der Waals surface area contributed by atoms with E-state index in [4.69, 9.17) is 5.73 Å². The molecular weight excluding hydrogens is 254 g/mol. The van der Waals surface area contributed by atoms with Crippen LogP contribution in [0.4, 0.5) is 5.82 Å². The van der Waals surface area contributed by atoms with Crippen LogP contribution in [-0.4, -0.2) is 27.2 Å². The van der Waals surface area contributed by atoms with Gasteiger partial charge in [0.1, 0.15) is 5.82 Å². The van der Waals surface area contributed by atoms with Crippen LogP contribution in [0, 0.1) is 13.8 Å². The number of aryl methyl sites for hydroxylation is 3. The summed E-state index contributed by atoms with van der Waals surface area (Å²) in [6.45, 7) is 5.38. The van der Waals surface area contributed by atoms with Crippen molar-refractivity contribution in [3.8, 4) is 0 Å². The topological polar surface area (TPSA) is 85.8 Å². The number of nitrogens with one attached hydrogen (secondary N) is 1. The van der Waals surface area contributed by atoms with Crippen LogP contribution < -0.4 is 11.1 Å². The van der Waals surface area contributed by atoms with Crippen molar-refractivity contribution >= 4 is 11.7 Å². The first-order valence-corrected chi connectivity index (χ1v) is 6.57. The van der Waals surface area contributed by atoms with E-state index < -0.39 is 0 Å². The highest BCUT2D eigenvalue weighted by Crippen LogP contribution is 2.04. The highest BCUT2D eigenvalue weighted by Gasteiger charge is 2.05. The Morgan fingerprint density at radius 1 is 1.40 bits per heavy atom. The third-order valence-electron chi connectivity index (χ3n) is 2.98. The molecule has 2 heterocycles. The highest BCUT2D eigenvalue weighted by molar-refractivity contribution is 5.94. The van der Waals surface area contributed by atoms with Crippen molar-refractivity contribution in [3.63, 3.8) is 0 Å². The van der Waals surface area contributed by atoms with Gasteiger partial charge in [0, 0.05) is 30.5 Å². The number of carbonyl (C=O) groups excluding carboxylic acids is 1. The Labute approximate surface area is 118 Å². The first-order valence-electron chi connectivity index (χ1n) is 6.57. The summed E-state index contributed by atoms with van der Waals surface area (Å²) in [5.41, 5.74) is 8.22. The van der Waals surface area contributed by atoms with Crippen LogP contribution in [0.3, 0.4) is 0 Å². The molecule has 0 aromatic carbocycles. The van der Waals surface area contributed by atoms with E-state index in [2.05, 4.69) is 15.4 Å². The summed E-state index contributed by atoms with van der Waals surface area (Å²) >= 11 is 0. The third-order valence-corrected chi connectivity index (χ3v) is 2.98. The molecule has 0 saturated carbocycles. The number of aromatic nitrogens is 3. The number of hydrogen-bond donors (Lipinski definition) is 2. The number of amides is 1. The van der Waals surface area contributed by atoms with Gasteiger partial charge in [-0.15, -0.1) is 0 Å². The summed E-state index contributed by atoms with van der Waals surface area (Å²) < 4.78 is 1.95. The monoisotopic (exact) mass is 273 g/mol. The van der Waals surface area contributed by atoms with Crippen LogP contribution in [0.2, 0.25) is 0 Å². The van der Waals surface area contributed by atoms with Crippen LogP contribution in [0.1, 0.15) is 28.2 Å². The Morgan fingerprint density at radius 3 is 2.85 bits per heavy atom. The van der Waals surface area contributed by atoms with E-state index in [1.165, 1.54) is 6.20 Å². The van der Waals surface area contributed by atoms with Crippen LogP contribution in [-0.2, 0) is 6.54 Å². The summed E-state index contributed by atoms with van der Waals surface area (Å²) in [6, 6.07) is 5.25. The average Bonchev–Trinajstić information content (AvgIpc) is 2.73. The summed E-state index contributed by atoms with van der Waals surface area (Å²) in [7, 11) is 0. The minimum Gasteiger partial charge on any atom is -0.384 e. The second-order valence-corrected chi connectivity index (χ2v) is 4.73. The molecule has 2 aromatic rings. The molecule has 0 spiro atoms. The minimum atomic E-state index is -0.132. The molecule has 1 amide bonds. The lowest BCUT2D eigenvalue weighted by Gasteiger charge is -2.07. The Balaban J connectivity index is 1.79. The zero-order valence-corrected chi connectivity index (χ0v) is 11.8. The Morgan fingerprint density at radius 2 is 2.20 bits per heavy atom. The summed E-state index contributed by atoms with van der Waals surface area (Å²) in [5, 5.41) is 7.24. The lowest BCUT2D eigenvalue weighted by atomic mass is 10.2. The largest absolute Gasteiger partial charge is 0.384 e. The number of hydrogen-bond acceptors (Lipinski definition) is 4. The fourth-order valence-electron chi connectivity index (χ4n) is 2.02. The number of rotatable bonds is 5. The lowest BCUT2D eigenvalue weighted by molar-refractivity contribution is 0.0952. The maximum atomic E-state index is 11.9. The van der Waals surface area contributed by atoms with E-state index in [9.17, 15) is 4.79 Å². The summed E-state index contributed by atoms with van der Waals surface area (Å²) in [6.07, 6.45) is 2.36. The van der Waals surface area contributed by atoms with E-state index in [0.29, 0.717) is 17.9 Å². The molecule has 0 unspecified atom stereocenters. The van der Waals surface area contributed by atoms with Gasteiger partial charge in [0.25, 0.3) is 5.91 Å². The van der Waals surface area contributed by atoms with Crippen molar-refractivity contribution in [2.75, 3.05) is 12.3 Å². The molecule has 2 rings (SSSR count). The summed E-state index contributed by atoms with van der Waals surface area (Å²) in [5.74, 6) is 0.216. The van der Waals surface area contributed by atoms with Crippen molar-refractivity contribution in [2.45, 2.75) is 26.8 Å². The molecule has 20 heavy (non-hydrogen) atoms. The molecule has 0 aliphatic carbocycles. The van der Waals surface area contributed by atoms with Gasteiger partial charge in [0.15, 0.2) is 0 Å². The summed E-state index contributed by atoms with van der Waals surface area (Å²) in [4.78, 5) is 15.7. The smallest absolute Gasteiger partial charge is 0.251 e. The van der Waals surface area contributed by atoms with Gasteiger partial charge in [-0.2, -0.15) is 5.10 Å². The van der Waals surface area contributed by atoms with Gasteiger partial charge < -0.3 is 11.1 Å². The molecule has 0 radical (unpaired) electrons. The number of nitrogens with zero attached hydrogens (tertiary/aromatic N) is 3. The molecular formula is C14H19N5O. The Hall–Kier alpha value is -2.37. The normalized spacial score (nSPS) is 10.5. The van der Waals surface area contributed by atoms with Gasteiger partial charge in [-0.3, -0.25) is 9.48 Å². The van der Waals surface area contributed by atoms with E-state index in [-0.39, 0.29) is 5.91 Å².